The number of amides is 2. The lowest BCUT2D eigenvalue weighted by molar-refractivity contribution is -0.129. The fourth-order valence-corrected chi connectivity index (χ4v) is 1.92. The van der Waals surface area contributed by atoms with Crippen LogP contribution in [-0.4, -0.2) is 41.7 Å². The van der Waals surface area contributed by atoms with E-state index in [1.54, 1.807) is 0 Å². The summed E-state index contributed by atoms with van der Waals surface area (Å²) in [6.45, 7) is 2.62. The number of nitrogens with two attached hydrogens (primary N) is 1. The van der Waals surface area contributed by atoms with Crippen LogP contribution in [0.25, 0.3) is 0 Å². The Labute approximate surface area is 94.6 Å². The molecule has 2 amide bonds. The number of rotatable bonds is 5. The highest BCUT2D eigenvalue weighted by Crippen LogP contribution is 2.22. The van der Waals surface area contributed by atoms with Gasteiger partial charge < -0.3 is 21.5 Å². The van der Waals surface area contributed by atoms with Crippen LogP contribution >= 0.6 is 0 Å². The van der Waals surface area contributed by atoms with Crippen molar-refractivity contribution in [2.45, 2.75) is 37.8 Å². The van der Waals surface area contributed by atoms with Crippen molar-refractivity contribution >= 4 is 11.8 Å². The maximum absolute atomic E-state index is 11.9. The molecule has 0 aromatic heterocycles. The van der Waals surface area contributed by atoms with E-state index in [1.165, 1.54) is 0 Å². The van der Waals surface area contributed by atoms with Gasteiger partial charge in [0.05, 0.1) is 12.1 Å². The van der Waals surface area contributed by atoms with Crippen molar-refractivity contribution in [1.82, 2.24) is 10.6 Å². The molecular weight excluding hydrogens is 210 g/mol. The third kappa shape index (κ3) is 2.70. The molecule has 1 heterocycles. The standard InChI is InChI=1S/C10H19N3O3/c1-2-10(4-3-5-13-10)9(16)12-6-7(14)8(11)15/h7,13-14H,2-6H2,1H3,(H2,11,15)(H,12,16). The fraction of sp³-hybridized carbons (Fsp3) is 0.800. The van der Waals surface area contributed by atoms with E-state index < -0.39 is 17.6 Å². The Morgan fingerprint density at radius 2 is 2.31 bits per heavy atom. The lowest BCUT2D eigenvalue weighted by Gasteiger charge is -2.27. The summed E-state index contributed by atoms with van der Waals surface area (Å²) in [5, 5.41) is 14.9. The Hall–Kier alpha value is -1.14. The third-order valence-corrected chi connectivity index (χ3v) is 3.07. The van der Waals surface area contributed by atoms with Gasteiger partial charge in [0.15, 0.2) is 0 Å². The molecule has 2 unspecified atom stereocenters. The van der Waals surface area contributed by atoms with Crippen LogP contribution in [-0.2, 0) is 9.59 Å². The van der Waals surface area contributed by atoms with Gasteiger partial charge in [-0.2, -0.15) is 0 Å². The maximum Gasteiger partial charge on any atom is 0.248 e. The molecule has 0 spiro atoms. The van der Waals surface area contributed by atoms with Gasteiger partial charge in [0.1, 0.15) is 6.10 Å². The highest BCUT2D eigenvalue weighted by molar-refractivity contribution is 5.87. The summed E-state index contributed by atoms with van der Waals surface area (Å²) in [5.41, 5.74) is 4.34. The largest absolute Gasteiger partial charge is 0.381 e. The average Bonchev–Trinajstić information content (AvgIpc) is 2.74. The Bertz CT molecular complexity index is 274. The Morgan fingerprint density at radius 3 is 2.75 bits per heavy atom. The number of aliphatic hydroxyl groups is 1. The molecule has 0 aliphatic carbocycles. The first-order valence-electron chi connectivity index (χ1n) is 5.52. The van der Waals surface area contributed by atoms with Crippen molar-refractivity contribution in [3.63, 3.8) is 0 Å². The first kappa shape index (κ1) is 12.9. The van der Waals surface area contributed by atoms with Gasteiger partial charge in [-0.05, 0) is 25.8 Å². The van der Waals surface area contributed by atoms with Crippen molar-refractivity contribution in [3.8, 4) is 0 Å². The molecule has 0 aromatic carbocycles. The SMILES string of the molecule is CCC1(C(=O)NCC(O)C(N)=O)CCCN1. The smallest absolute Gasteiger partial charge is 0.248 e. The second kappa shape index (κ2) is 5.27. The van der Waals surface area contributed by atoms with Crippen LogP contribution in [0.15, 0.2) is 0 Å². The van der Waals surface area contributed by atoms with E-state index in [0.29, 0.717) is 6.42 Å². The zero-order chi connectivity index (χ0) is 12.2. The highest BCUT2D eigenvalue weighted by atomic mass is 16.3. The topological polar surface area (TPSA) is 104 Å². The van der Waals surface area contributed by atoms with Gasteiger partial charge in [0.25, 0.3) is 0 Å². The molecule has 0 bridgehead atoms. The highest BCUT2D eigenvalue weighted by Gasteiger charge is 2.39. The third-order valence-electron chi connectivity index (χ3n) is 3.07. The van der Waals surface area contributed by atoms with Crippen molar-refractivity contribution < 1.29 is 14.7 Å². The Morgan fingerprint density at radius 1 is 1.62 bits per heavy atom. The molecule has 1 fully saturated rings. The quantitative estimate of drug-likeness (QED) is 0.459. The van der Waals surface area contributed by atoms with Crippen LogP contribution in [0.5, 0.6) is 0 Å². The van der Waals surface area contributed by atoms with E-state index in [1.807, 2.05) is 6.92 Å². The zero-order valence-corrected chi connectivity index (χ0v) is 9.45. The predicted molar refractivity (Wildman–Crippen MR) is 58.5 cm³/mol. The van der Waals surface area contributed by atoms with Gasteiger partial charge in [0, 0.05) is 0 Å². The molecule has 92 valence electrons. The fourth-order valence-electron chi connectivity index (χ4n) is 1.92. The monoisotopic (exact) mass is 229 g/mol. The zero-order valence-electron chi connectivity index (χ0n) is 9.45. The molecular formula is C10H19N3O3. The van der Waals surface area contributed by atoms with E-state index in [4.69, 9.17) is 10.8 Å². The van der Waals surface area contributed by atoms with Crippen LogP contribution in [0, 0.1) is 0 Å². The Balaban J connectivity index is 2.48. The number of hydrogen-bond donors (Lipinski definition) is 4. The van der Waals surface area contributed by atoms with Crippen LogP contribution in [0.1, 0.15) is 26.2 Å². The summed E-state index contributed by atoms with van der Waals surface area (Å²) in [7, 11) is 0. The van der Waals surface area contributed by atoms with Gasteiger partial charge in [-0.25, -0.2) is 0 Å². The molecule has 1 rings (SSSR count). The Kier molecular flexibility index (Phi) is 4.26. The molecule has 1 aliphatic heterocycles. The van der Waals surface area contributed by atoms with Crippen molar-refractivity contribution in [1.29, 1.82) is 0 Å². The lowest BCUT2D eigenvalue weighted by Crippen LogP contribution is -2.55. The average molecular weight is 229 g/mol. The molecule has 16 heavy (non-hydrogen) atoms. The van der Waals surface area contributed by atoms with Crippen LogP contribution in [0.2, 0.25) is 0 Å². The van der Waals surface area contributed by atoms with E-state index >= 15 is 0 Å². The maximum atomic E-state index is 11.9. The predicted octanol–water partition coefficient (Wildman–Crippen LogP) is -1.52. The first-order valence-corrected chi connectivity index (χ1v) is 5.52. The van der Waals surface area contributed by atoms with Gasteiger partial charge >= 0.3 is 0 Å². The van der Waals surface area contributed by atoms with E-state index in [-0.39, 0.29) is 12.5 Å². The summed E-state index contributed by atoms with van der Waals surface area (Å²) < 4.78 is 0. The minimum atomic E-state index is -1.32. The molecule has 0 radical (unpaired) electrons. The lowest BCUT2D eigenvalue weighted by atomic mass is 9.93. The molecule has 1 aliphatic rings. The minimum Gasteiger partial charge on any atom is -0.381 e. The van der Waals surface area contributed by atoms with E-state index in [0.717, 1.165) is 19.4 Å². The number of aliphatic hydroxyl groups excluding tert-OH is 1. The number of hydrogen-bond acceptors (Lipinski definition) is 4. The first-order chi connectivity index (χ1) is 7.52. The number of carbonyl (C=O) groups is 2. The van der Waals surface area contributed by atoms with Gasteiger partial charge in [-0.1, -0.05) is 6.92 Å². The molecule has 2 atom stereocenters. The van der Waals surface area contributed by atoms with E-state index in [9.17, 15) is 9.59 Å². The number of primary amides is 1. The molecule has 6 heteroatoms. The van der Waals surface area contributed by atoms with Gasteiger partial charge in [-0.3, -0.25) is 9.59 Å². The summed E-state index contributed by atoms with van der Waals surface area (Å²) in [6, 6.07) is 0. The molecule has 1 saturated heterocycles. The van der Waals surface area contributed by atoms with E-state index in [2.05, 4.69) is 10.6 Å². The number of carbonyl (C=O) groups excluding carboxylic acids is 2. The van der Waals surface area contributed by atoms with Crippen molar-refractivity contribution in [3.05, 3.63) is 0 Å². The number of nitrogens with one attached hydrogen (secondary N) is 2. The molecule has 5 N–H and O–H groups in total. The summed E-state index contributed by atoms with van der Waals surface area (Å²) in [6.07, 6.45) is 1.10. The second-order valence-corrected chi connectivity index (χ2v) is 4.09. The molecule has 6 nitrogen and oxygen atoms in total. The second-order valence-electron chi connectivity index (χ2n) is 4.09. The van der Waals surface area contributed by atoms with Crippen molar-refractivity contribution in [2.24, 2.45) is 5.73 Å². The summed E-state index contributed by atoms with van der Waals surface area (Å²) in [5.74, 6) is -1.00. The van der Waals surface area contributed by atoms with Crippen LogP contribution in [0.4, 0.5) is 0 Å². The van der Waals surface area contributed by atoms with Crippen molar-refractivity contribution in [2.75, 3.05) is 13.1 Å². The normalized spacial score (nSPS) is 26.4. The van der Waals surface area contributed by atoms with Crippen LogP contribution < -0.4 is 16.4 Å². The molecule has 0 aromatic rings. The minimum absolute atomic E-state index is 0.127. The van der Waals surface area contributed by atoms with Gasteiger partial charge in [0.2, 0.25) is 11.8 Å². The summed E-state index contributed by atoms with van der Waals surface area (Å²) >= 11 is 0. The van der Waals surface area contributed by atoms with Gasteiger partial charge in [-0.15, -0.1) is 0 Å². The van der Waals surface area contributed by atoms with Crippen LogP contribution in [0.3, 0.4) is 0 Å². The molecule has 0 saturated carbocycles. The summed E-state index contributed by atoms with van der Waals surface area (Å²) in [4.78, 5) is 22.5.